The van der Waals surface area contributed by atoms with Crippen molar-refractivity contribution in [1.82, 2.24) is 0 Å². The molecule has 0 spiro atoms. The van der Waals surface area contributed by atoms with Crippen molar-refractivity contribution < 1.29 is 5.11 Å². The standard InChI is InChI=1S/C9H12ClNO/c10-5-9(12)8-3-1-2-7(4-8)6-11/h1-4,9,12H,5-6,11H2. The van der Waals surface area contributed by atoms with Gasteiger partial charge in [-0.15, -0.1) is 11.6 Å². The number of aliphatic hydroxyl groups excluding tert-OH is 1. The Hall–Kier alpha value is -0.570. The van der Waals surface area contributed by atoms with Crippen molar-refractivity contribution in [3.63, 3.8) is 0 Å². The number of halogens is 1. The van der Waals surface area contributed by atoms with Gasteiger partial charge in [-0.05, 0) is 11.1 Å². The van der Waals surface area contributed by atoms with Gasteiger partial charge in [0, 0.05) is 6.54 Å². The third-order valence-electron chi connectivity index (χ3n) is 1.72. The van der Waals surface area contributed by atoms with Crippen LogP contribution in [-0.4, -0.2) is 11.0 Å². The van der Waals surface area contributed by atoms with Crippen molar-refractivity contribution in [3.05, 3.63) is 35.4 Å². The van der Waals surface area contributed by atoms with Crippen molar-refractivity contribution in [2.45, 2.75) is 12.6 Å². The molecule has 1 atom stereocenters. The average molecular weight is 186 g/mol. The second kappa shape index (κ2) is 4.45. The third kappa shape index (κ3) is 2.21. The number of nitrogens with two attached hydrogens (primary N) is 1. The molecule has 2 nitrogen and oxygen atoms in total. The van der Waals surface area contributed by atoms with Crippen LogP contribution in [0.3, 0.4) is 0 Å². The van der Waals surface area contributed by atoms with Crippen molar-refractivity contribution in [2.24, 2.45) is 5.73 Å². The van der Waals surface area contributed by atoms with E-state index in [-0.39, 0.29) is 5.88 Å². The van der Waals surface area contributed by atoms with Gasteiger partial charge in [-0.2, -0.15) is 0 Å². The lowest BCUT2D eigenvalue weighted by molar-refractivity contribution is 0.202. The van der Waals surface area contributed by atoms with Gasteiger partial charge in [0.05, 0.1) is 12.0 Å². The number of hydrogen-bond donors (Lipinski definition) is 2. The van der Waals surface area contributed by atoms with E-state index in [9.17, 15) is 5.11 Å². The minimum absolute atomic E-state index is 0.216. The average Bonchev–Trinajstić information content (AvgIpc) is 2.17. The molecule has 0 amide bonds. The molecule has 66 valence electrons. The molecule has 0 aliphatic carbocycles. The molecule has 0 aromatic heterocycles. The van der Waals surface area contributed by atoms with Crippen LogP contribution >= 0.6 is 11.6 Å². The lowest BCUT2D eigenvalue weighted by Crippen LogP contribution is -2.01. The molecule has 0 saturated carbocycles. The van der Waals surface area contributed by atoms with Gasteiger partial charge in [-0.1, -0.05) is 24.3 Å². The fraction of sp³-hybridized carbons (Fsp3) is 0.333. The Morgan fingerprint density at radius 1 is 1.50 bits per heavy atom. The lowest BCUT2D eigenvalue weighted by Gasteiger charge is -2.07. The molecule has 0 heterocycles. The SMILES string of the molecule is NCc1cccc(C(O)CCl)c1. The second-order valence-electron chi connectivity index (χ2n) is 2.62. The molecule has 1 rings (SSSR count). The molecule has 0 bridgehead atoms. The lowest BCUT2D eigenvalue weighted by atomic mass is 10.1. The van der Waals surface area contributed by atoms with Gasteiger partial charge in [0.1, 0.15) is 0 Å². The largest absolute Gasteiger partial charge is 0.387 e. The fourth-order valence-corrected chi connectivity index (χ4v) is 1.19. The topological polar surface area (TPSA) is 46.2 Å². The van der Waals surface area contributed by atoms with Gasteiger partial charge in [-0.25, -0.2) is 0 Å². The summed E-state index contributed by atoms with van der Waals surface area (Å²) in [6, 6.07) is 7.50. The quantitative estimate of drug-likeness (QED) is 0.700. The van der Waals surface area contributed by atoms with Gasteiger partial charge >= 0.3 is 0 Å². The molecule has 1 aromatic rings. The highest BCUT2D eigenvalue weighted by molar-refractivity contribution is 6.18. The number of benzene rings is 1. The highest BCUT2D eigenvalue weighted by atomic mass is 35.5. The van der Waals surface area contributed by atoms with Gasteiger partial charge in [-0.3, -0.25) is 0 Å². The van der Waals surface area contributed by atoms with Gasteiger partial charge in [0.25, 0.3) is 0 Å². The summed E-state index contributed by atoms with van der Waals surface area (Å²) < 4.78 is 0. The number of hydrogen-bond acceptors (Lipinski definition) is 2. The molecule has 0 aliphatic heterocycles. The maximum absolute atomic E-state index is 9.38. The molecule has 0 radical (unpaired) electrons. The van der Waals surface area contributed by atoms with Crippen LogP contribution in [0.4, 0.5) is 0 Å². The van der Waals surface area contributed by atoms with E-state index in [1.54, 1.807) is 0 Å². The van der Waals surface area contributed by atoms with Gasteiger partial charge in [0.15, 0.2) is 0 Å². The van der Waals surface area contributed by atoms with E-state index >= 15 is 0 Å². The van der Waals surface area contributed by atoms with Crippen LogP contribution in [0, 0.1) is 0 Å². The molecule has 1 unspecified atom stereocenters. The smallest absolute Gasteiger partial charge is 0.0925 e. The first kappa shape index (κ1) is 9.52. The molecular weight excluding hydrogens is 174 g/mol. The Kier molecular flexibility index (Phi) is 3.53. The predicted molar refractivity (Wildman–Crippen MR) is 50.0 cm³/mol. The monoisotopic (exact) mass is 185 g/mol. The number of alkyl halides is 1. The summed E-state index contributed by atoms with van der Waals surface area (Å²) in [6.45, 7) is 0.489. The van der Waals surface area contributed by atoms with Gasteiger partial charge < -0.3 is 10.8 Å². The maximum atomic E-state index is 9.38. The van der Waals surface area contributed by atoms with Crippen LogP contribution in [0.2, 0.25) is 0 Å². The van der Waals surface area contributed by atoms with Crippen LogP contribution in [0.25, 0.3) is 0 Å². The molecule has 0 aliphatic rings. The van der Waals surface area contributed by atoms with E-state index in [1.807, 2.05) is 24.3 Å². The minimum atomic E-state index is -0.585. The van der Waals surface area contributed by atoms with Crippen LogP contribution in [0.1, 0.15) is 17.2 Å². The van der Waals surface area contributed by atoms with Gasteiger partial charge in [0.2, 0.25) is 0 Å². The van der Waals surface area contributed by atoms with Crippen molar-refractivity contribution in [3.8, 4) is 0 Å². The first-order chi connectivity index (χ1) is 5.77. The molecule has 1 aromatic carbocycles. The van der Waals surface area contributed by atoms with Crippen molar-refractivity contribution >= 4 is 11.6 Å². The first-order valence-corrected chi connectivity index (χ1v) is 4.34. The normalized spacial score (nSPS) is 12.9. The van der Waals surface area contributed by atoms with Crippen molar-refractivity contribution in [1.29, 1.82) is 0 Å². The Morgan fingerprint density at radius 3 is 2.83 bits per heavy atom. The molecule has 3 heteroatoms. The first-order valence-electron chi connectivity index (χ1n) is 3.81. The summed E-state index contributed by atoms with van der Waals surface area (Å²) in [4.78, 5) is 0. The zero-order chi connectivity index (χ0) is 8.97. The highest BCUT2D eigenvalue weighted by Gasteiger charge is 2.04. The summed E-state index contributed by atoms with van der Waals surface area (Å²) in [5.41, 5.74) is 7.28. The van der Waals surface area contributed by atoms with E-state index in [0.717, 1.165) is 11.1 Å². The molecule has 12 heavy (non-hydrogen) atoms. The summed E-state index contributed by atoms with van der Waals surface area (Å²) in [7, 11) is 0. The Bertz CT molecular complexity index is 252. The van der Waals surface area contributed by atoms with E-state index in [4.69, 9.17) is 17.3 Å². The number of aliphatic hydroxyl groups is 1. The van der Waals surface area contributed by atoms with Crippen LogP contribution in [-0.2, 0) is 6.54 Å². The van der Waals surface area contributed by atoms with E-state index in [1.165, 1.54) is 0 Å². The van der Waals surface area contributed by atoms with E-state index in [2.05, 4.69) is 0 Å². The Labute approximate surface area is 77.0 Å². The van der Waals surface area contributed by atoms with Crippen LogP contribution in [0.5, 0.6) is 0 Å². The molecule has 0 saturated heterocycles. The van der Waals surface area contributed by atoms with Crippen LogP contribution < -0.4 is 5.73 Å². The second-order valence-corrected chi connectivity index (χ2v) is 2.93. The summed E-state index contributed by atoms with van der Waals surface area (Å²) in [5, 5.41) is 9.38. The van der Waals surface area contributed by atoms with Crippen LogP contribution in [0.15, 0.2) is 24.3 Å². The molecule has 0 fully saturated rings. The Morgan fingerprint density at radius 2 is 2.25 bits per heavy atom. The zero-order valence-electron chi connectivity index (χ0n) is 6.70. The summed E-state index contributed by atoms with van der Waals surface area (Å²) >= 11 is 5.50. The Balaban J connectivity index is 2.86. The number of rotatable bonds is 3. The minimum Gasteiger partial charge on any atom is -0.387 e. The molecule has 3 N–H and O–H groups in total. The summed E-state index contributed by atoms with van der Waals surface area (Å²) in [5.74, 6) is 0.216. The van der Waals surface area contributed by atoms with E-state index < -0.39 is 6.10 Å². The summed E-state index contributed by atoms with van der Waals surface area (Å²) in [6.07, 6.45) is -0.585. The van der Waals surface area contributed by atoms with E-state index in [0.29, 0.717) is 6.54 Å². The van der Waals surface area contributed by atoms with Crippen molar-refractivity contribution in [2.75, 3.05) is 5.88 Å². The zero-order valence-corrected chi connectivity index (χ0v) is 7.46. The fourth-order valence-electron chi connectivity index (χ4n) is 1.02. The molecular formula is C9H12ClNO. The third-order valence-corrected chi connectivity index (χ3v) is 2.01. The maximum Gasteiger partial charge on any atom is 0.0925 e. The predicted octanol–water partition coefficient (Wildman–Crippen LogP) is 1.42. The highest BCUT2D eigenvalue weighted by Crippen LogP contribution is 2.15.